The second-order valence-corrected chi connectivity index (χ2v) is 6.58. The fourth-order valence-electron chi connectivity index (χ4n) is 2.55. The largest absolute Gasteiger partial charge is 0.497 e. The summed E-state index contributed by atoms with van der Waals surface area (Å²) in [5.74, 6) is 1.80. The van der Waals surface area contributed by atoms with Gasteiger partial charge in [0, 0.05) is 30.1 Å². The molecule has 2 aromatic heterocycles. The van der Waals surface area contributed by atoms with Crippen molar-refractivity contribution in [3.63, 3.8) is 0 Å². The molecule has 0 aliphatic heterocycles. The van der Waals surface area contributed by atoms with E-state index >= 15 is 0 Å². The summed E-state index contributed by atoms with van der Waals surface area (Å²) in [7, 11) is 1.59. The third kappa shape index (κ3) is 4.11. The first-order valence-corrected chi connectivity index (χ1v) is 9.35. The maximum Gasteiger partial charge on any atom is 0.191 e. The Morgan fingerprint density at radius 3 is 2.73 bits per heavy atom. The number of rotatable bonds is 8. The molecule has 2 heterocycles. The van der Waals surface area contributed by atoms with Crippen LogP contribution in [0.4, 0.5) is 0 Å². The quantitative estimate of drug-likeness (QED) is 0.446. The van der Waals surface area contributed by atoms with Crippen LogP contribution in [0.25, 0.3) is 11.4 Å². The Labute approximate surface area is 156 Å². The Balaban J connectivity index is 1.77. The van der Waals surface area contributed by atoms with Gasteiger partial charge < -0.3 is 9.30 Å². The van der Waals surface area contributed by atoms with Gasteiger partial charge in [-0.05, 0) is 30.7 Å². The molecule has 0 atom stereocenters. The maximum atomic E-state index is 12.5. The minimum atomic E-state index is 0.0328. The Hall–Kier alpha value is -2.67. The number of Topliss-reactive ketones (excluding diaryl/α,β-unsaturated/α-hetero) is 1. The van der Waals surface area contributed by atoms with E-state index in [1.54, 1.807) is 31.6 Å². The molecule has 0 saturated heterocycles. The molecule has 0 spiro atoms. The molecule has 7 heteroatoms. The van der Waals surface area contributed by atoms with Crippen LogP contribution in [-0.4, -0.2) is 38.4 Å². The predicted molar refractivity (Wildman–Crippen MR) is 102 cm³/mol. The van der Waals surface area contributed by atoms with Gasteiger partial charge in [0.1, 0.15) is 5.75 Å². The van der Waals surface area contributed by atoms with E-state index in [1.165, 1.54) is 11.8 Å². The van der Waals surface area contributed by atoms with Crippen molar-refractivity contribution >= 4 is 17.5 Å². The number of hydrogen-bond donors (Lipinski definition) is 0. The van der Waals surface area contributed by atoms with E-state index in [9.17, 15) is 4.79 Å². The lowest BCUT2D eigenvalue weighted by atomic mass is 10.1. The third-order valence-corrected chi connectivity index (χ3v) is 4.79. The highest BCUT2D eigenvalue weighted by atomic mass is 32.2. The second kappa shape index (κ2) is 8.62. The zero-order chi connectivity index (χ0) is 18.4. The smallest absolute Gasteiger partial charge is 0.191 e. The van der Waals surface area contributed by atoms with Gasteiger partial charge in [0.2, 0.25) is 0 Å². The average molecular weight is 368 g/mol. The van der Waals surface area contributed by atoms with Crippen molar-refractivity contribution in [2.24, 2.45) is 0 Å². The lowest BCUT2D eigenvalue weighted by Crippen LogP contribution is -2.06. The highest BCUT2D eigenvalue weighted by Gasteiger charge is 2.16. The van der Waals surface area contributed by atoms with Crippen LogP contribution in [0.5, 0.6) is 5.75 Å². The molecule has 0 saturated carbocycles. The maximum absolute atomic E-state index is 12.5. The minimum Gasteiger partial charge on any atom is -0.497 e. The number of ketones is 1. The summed E-state index contributed by atoms with van der Waals surface area (Å²) in [6.45, 7) is 2.90. The Bertz CT molecular complexity index is 880. The van der Waals surface area contributed by atoms with Gasteiger partial charge in [-0.15, -0.1) is 10.2 Å². The lowest BCUT2D eigenvalue weighted by Gasteiger charge is -2.08. The SMILES string of the molecule is CCCn1c(SCC(=O)c2cccc(OC)c2)nnc1-c1ccncc1. The summed E-state index contributed by atoms with van der Waals surface area (Å²) in [6.07, 6.45) is 4.42. The van der Waals surface area contributed by atoms with Crippen molar-refractivity contribution in [1.82, 2.24) is 19.7 Å². The van der Waals surface area contributed by atoms with Crippen molar-refractivity contribution in [3.8, 4) is 17.1 Å². The van der Waals surface area contributed by atoms with Crippen LogP contribution in [0, 0.1) is 0 Å². The van der Waals surface area contributed by atoms with Crippen LogP contribution in [0.2, 0.25) is 0 Å². The number of pyridine rings is 1. The number of benzene rings is 1. The van der Waals surface area contributed by atoms with E-state index in [0.717, 1.165) is 29.5 Å². The van der Waals surface area contributed by atoms with E-state index in [0.29, 0.717) is 17.1 Å². The molecule has 0 aliphatic carbocycles. The number of carbonyl (C=O) groups excluding carboxylic acids is 1. The van der Waals surface area contributed by atoms with Gasteiger partial charge in [-0.1, -0.05) is 30.8 Å². The van der Waals surface area contributed by atoms with Crippen LogP contribution in [0.3, 0.4) is 0 Å². The molecule has 0 fully saturated rings. The van der Waals surface area contributed by atoms with Crippen LogP contribution in [0.15, 0.2) is 53.9 Å². The lowest BCUT2D eigenvalue weighted by molar-refractivity contribution is 0.102. The molecule has 0 bridgehead atoms. The van der Waals surface area contributed by atoms with Gasteiger partial charge >= 0.3 is 0 Å². The number of aromatic nitrogens is 4. The molecular weight excluding hydrogens is 348 g/mol. The number of methoxy groups -OCH3 is 1. The Morgan fingerprint density at radius 1 is 1.19 bits per heavy atom. The molecule has 0 N–H and O–H groups in total. The van der Waals surface area contributed by atoms with Crippen molar-refractivity contribution in [2.45, 2.75) is 25.0 Å². The van der Waals surface area contributed by atoms with Crippen LogP contribution < -0.4 is 4.74 Å². The van der Waals surface area contributed by atoms with Gasteiger partial charge in [0.25, 0.3) is 0 Å². The number of thioether (sulfide) groups is 1. The van der Waals surface area contributed by atoms with Gasteiger partial charge in [0.05, 0.1) is 12.9 Å². The van der Waals surface area contributed by atoms with E-state index < -0.39 is 0 Å². The molecule has 6 nitrogen and oxygen atoms in total. The van der Waals surface area contributed by atoms with Crippen LogP contribution in [0.1, 0.15) is 23.7 Å². The Kier molecular flexibility index (Phi) is 6.01. The van der Waals surface area contributed by atoms with Crippen molar-refractivity contribution in [2.75, 3.05) is 12.9 Å². The van der Waals surface area contributed by atoms with Crippen LogP contribution >= 0.6 is 11.8 Å². The zero-order valence-corrected chi connectivity index (χ0v) is 15.6. The second-order valence-electron chi connectivity index (χ2n) is 5.64. The fourth-order valence-corrected chi connectivity index (χ4v) is 3.40. The number of ether oxygens (including phenoxy) is 1. The molecule has 3 rings (SSSR count). The van der Waals surface area contributed by atoms with Crippen molar-refractivity contribution in [1.29, 1.82) is 0 Å². The van der Waals surface area contributed by atoms with Gasteiger partial charge in [-0.3, -0.25) is 9.78 Å². The van der Waals surface area contributed by atoms with E-state index in [1.807, 2.05) is 24.3 Å². The van der Waals surface area contributed by atoms with Gasteiger partial charge in [0.15, 0.2) is 16.8 Å². The fraction of sp³-hybridized carbons (Fsp3) is 0.263. The molecule has 0 aliphatic rings. The van der Waals surface area contributed by atoms with E-state index in [4.69, 9.17) is 4.74 Å². The zero-order valence-electron chi connectivity index (χ0n) is 14.8. The van der Waals surface area contributed by atoms with Crippen molar-refractivity contribution in [3.05, 3.63) is 54.4 Å². The standard InChI is InChI=1S/C19H20N4O2S/c1-3-11-23-18(14-7-9-20-10-8-14)21-22-19(23)26-13-17(24)15-5-4-6-16(12-15)25-2/h4-10,12H,3,11,13H2,1-2H3. The average Bonchev–Trinajstić information content (AvgIpc) is 3.09. The summed E-state index contributed by atoms with van der Waals surface area (Å²) < 4.78 is 7.24. The number of carbonyl (C=O) groups is 1. The summed E-state index contributed by atoms with van der Waals surface area (Å²) in [6, 6.07) is 11.0. The molecule has 134 valence electrons. The minimum absolute atomic E-state index is 0.0328. The molecule has 26 heavy (non-hydrogen) atoms. The summed E-state index contributed by atoms with van der Waals surface area (Å²) in [4.78, 5) is 16.5. The first-order chi connectivity index (χ1) is 12.7. The summed E-state index contributed by atoms with van der Waals surface area (Å²) in [5, 5.41) is 9.35. The number of hydrogen-bond acceptors (Lipinski definition) is 6. The summed E-state index contributed by atoms with van der Waals surface area (Å²) in [5.41, 5.74) is 1.60. The van der Waals surface area contributed by atoms with Gasteiger partial charge in [-0.25, -0.2) is 0 Å². The summed E-state index contributed by atoms with van der Waals surface area (Å²) >= 11 is 1.40. The molecule has 0 radical (unpaired) electrons. The predicted octanol–water partition coefficient (Wildman–Crippen LogP) is 3.73. The topological polar surface area (TPSA) is 69.9 Å². The molecule has 0 amide bonds. The molecule has 0 unspecified atom stereocenters. The first kappa shape index (κ1) is 18.1. The molecular formula is C19H20N4O2S. The number of nitrogens with zero attached hydrogens (tertiary/aromatic N) is 4. The monoisotopic (exact) mass is 368 g/mol. The highest BCUT2D eigenvalue weighted by Crippen LogP contribution is 2.25. The van der Waals surface area contributed by atoms with Crippen molar-refractivity contribution < 1.29 is 9.53 Å². The molecule has 3 aromatic rings. The first-order valence-electron chi connectivity index (χ1n) is 8.36. The van der Waals surface area contributed by atoms with E-state index in [2.05, 4.69) is 26.7 Å². The van der Waals surface area contributed by atoms with E-state index in [-0.39, 0.29) is 5.78 Å². The highest BCUT2D eigenvalue weighted by molar-refractivity contribution is 7.99. The molecule has 1 aromatic carbocycles. The van der Waals surface area contributed by atoms with Crippen LogP contribution in [-0.2, 0) is 6.54 Å². The Morgan fingerprint density at radius 2 is 2.00 bits per heavy atom. The normalized spacial score (nSPS) is 10.7. The third-order valence-electron chi connectivity index (χ3n) is 3.83. The van der Waals surface area contributed by atoms with Gasteiger partial charge in [-0.2, -0.15) is 0 Å².